The maximum Gasteiger partial charge on any atom is 0.407 e. The molecule has 1 aliphatic carbocycles. The Balaban J connectivity index is 1.63. The molecule has 1 aliphatic rings. The van der Waals surface area contributed by atoms with E-state index < -0.39 is 12.1 Å². The maximum atomic E-state index is 11.9. The van der Waals surface area contributed by atoms with Crippen molar-refractivity contribution >= 4 is 12.1 Å². The van der Waals surface area contributed by atoms with Gasteiger partial charge in [-0.2, -0.15) is 0 Å². The molecule has 0 bridgehead atoms. The van der Waals surface area contributed by atoms with Gasteiger partial charge in [0.05, 0.1) is 35.7 Å². The van der Waals surface area contributed by atoms with Crippen LogP contribution in [0.15, 0.2) is 12.1 Å². The van der Waals surface area contributed by atoms with Gasteiger partial charge in [-0.25, -0.2) is 9.78 Å². The molecule has 0 aliphatic heterocycles. The number of hydrogen-bond donors (Lipinski definition) is 2. The molecule has 2 heterocycles. The number of nitrogens with one attached hydrogen (secondary N) is 1. The third kappa shape index (κ3) is 6.91. The number of alkyl carbamates (subject to hydrolysis) is 1. The van der Waals surface area contributed by atoms with E-state index in [1.54, 1.807) is 11.7 Å². The Morgan fingerprint density at radius 3 is 2.71 bits per heavy atom. The van der Waals surface area contributed by atoms with Crippen molar-refractivity contribution < 1.29 is 24.2 Å². The summed E-state index contributed by atoms with van der Waals surface area (Å²) in [6.45, 7) is 8.58. The number of carboxylic acids is 1. The highest BCUT2D eigenvalue weighted by Gasteiger charge is 2.28. The van der Waals surface area contributed by atoms with E-state index >= 15 is 0 Å². The minimum atomic E-state index is -0.759. The second-order valence-electron chi connectivity index (χ2n) is 10.0. The first-order chi connectivity index (χ1) is 16.0. The molecular weight excluding hydrogens is 438 g/mol. The first-order valence-electron chi connectivity index (χ1n) is 11.7. The minimum absolute atomic E-state index is 0.0924. The molecule has 1 fully saturated rings. The summed E-state index contributed by atoms with van der Waals surface area (Å²) in [6.07, 6.45) is 2.82. The fraction of sp³-hybridized carbons (Fsp3) is 0.625. The molecule has 0 radical (unpaired) electrons. The Labute approximate surface area is 200 Å². The number of aliphatic carboxylic acids is 1. The lowest BCUT2D eigenvalue weighted by atomic mass is 9.87. The highest BCUT2D eigenvalue weighted by Crippen LogP contribution is 2.30. The second kappa shape index (κ2) is 10.8. The normalized spacial score (nSPS) is 18.4. The van der Waals surface area contributed by atoms with Gasteiger partial charge in [0.2, 0.25) is 0 Å². The fourth-order valence-electron chi connectivity index (χ4n) is 3.93. The molecule has 1 saturated carbocycles. The van der Waals surface area contributed by atoms with Gasteiger partial charge in [0.1, 0.15) is 11.4 Å². The molecule has 0 unspecified atom stereocenters. The van der Waals surface area contributed by atoms with E-state index in [-0.39, 0.29) is 17.4 Å². The lowest BCUT2D eigenvalue weighted by Crippen LogP contribution is -2.30. The molecule has 1 amide bonds. The van der Waals surface area contributed by atoms with E-state index in [0.717, 1.165) is 18.5 Å². The predicted molar refractivity (Wildman–Crippen MR) is 125 cm³/mol. The summed E-state index contributed by atoms with van der Waals surface area (Å²) in [5.41, 5.74) is 2.76. The Hall–Kier alpha value is -3.17. The Kier molecular flexibility index (Phi) is 8.11. The number of ether oxygens (including phenoxy) is 2. The molecule has 2 N–H and O–H groups in total. The molecule has 186 valence electrons. The molecule has 2 aromatic heterocycles. The van der Waals surface area contributed by atoms with E-state index in [1.807, 2.05) is 39.8 Å². The first kappa shape index (κ1) is 25.5. The summed E-state index contributed by atoms with van der Waals surface area (Å²) in [7, 11) is 1.80. The van der Waals surface area contributed by atoms with Crippen molar-refractivity contribution in [1.29, 1.82) is 0 Å². The molecule has 34 heavy (non-hydrogen) atoms. The van der Waals surface area contributed by atoms with Crippen LogP contribution in [0.5, 0.6) is 5.75 Å². The van der Waals surface area contributed by atoms with E-state index in [4.69, 9.17) is 9.47 Å². The third-order valence-electron chi connectivity index (χ3n) is 5.76. The number of aryl methyl sites for hydroxylation is 2. The molecule has 0 aromatic carbocycles. The van der Waals surface area contributed by atoms with Gasteiger partial charge in [-0.1, -0.05) is 26.0 Å². The maximum absolute atomic E-state index is 11.9. The molecular formula is C24H35N5O5. The molecule has 10 nitrogen and oxygen atoms in total. The van der Waals surface area contributed by atoms with Crippen LogP contribution >= 0.6 is 0 Å². The number of nitrogens with zero attached hydrogens (tertiary/aromatic N) is 4. The largest absolute Gasteiger partial charge is 0.489 e. The molecule has 2 atom stereocenters. The predicted octanol–water partition coefficient (Wildman–Crippen LogP) is 3.52. The average molecular weight is 474 g/mol. The molecule has 2 aromatic rings. The number of carbonyl (C=O) groups is 2. The van der Waals surface area contributed by atoms with Crippen LogP contribution in [0.1, 0.15) is 57.8 Å². The number of carboxylic acid groups (broad SMARTS) is 1. The van der Waals surface area contributed by atoms with E-state index in [2.05, 4.69) is 20.6 Å². The van der Waals surface area contributed by atoms with Crippen molar-refractivity contribution in [2.75, 3.05) is 13.2 Å². The third-order valence-corrected chi connectivity index (χ3v) is 5.76. The van der Waals surface area contributed by atoms with Gasteiger partial charge in [0.25, 0.3) is 0 Å². The van der Waals surface area contributed by atoms with Crippen LogP contribution in [0.25, 0.3) is 11.4 Å². The van der Waals surface area contributed by atoms with Gasteiger partial charge in [0, 0.05) is 20.0 Å². The molecule has 0 saturated heterocycles. The van der Waals surface area contributed by atoms with Gasteiger partial charge in [-0.15, -0.1) is 5.10 Å². The number of aromatic nitrogens is 4. The van der Waals surface area contributed by atoms with E-state index in [0.29, 0.717) is 55.2 Å². The zero-order valence-electron chi connectivity index (χ0n) is 20.6. The van der Waals surface area contributed by atoms with Crippen LogP contribution in [0.4, 0.5) is 4.79 Å². The van der Waals surface area contributed by atoms with Crippen LogP contribution in [-0.4, -0.2) is 56.4 Å². The van der Waals surface area contributed by atoms with Gasteiger partial charge >= 0.3 is 12.1 Å². The lowest BCUT2D eigenvalue weighted by molar-refractivity contribution is -0.143. The van der Waals surface area contributed by atoms with Crippen molar-refractivity contribution in [3.8, 4) is 17.1 Å². The fourth-order valence-corrected chi connectivity index (χ4v) is 3.93. The van der Waals surface area contributed by atoms with Crippen LogP contribution in [-0.2, 0) is 23.0 Å². The Morgan fingerprint density at radius 2 is 2.03 bits per heavy atom. The van der Waals surface area contributed by atoms with Gasteiger partial charge < -0.3 is 19.9 Å². The van der Waals surface area contributed by atoms with Gasteiger partial charge in [-0.05, 0) is 50.2 Å². The SMILES string of the molecule is Cc1nc(-c2nnn(C)c2CCNC(=O)OCC(C)(C)C)ccc1O[C@H]1CCC[C@H](C(=O)O)C1. The van der Waals surface area contributed by atoms with Crippen molar-refractivity contribution in [2.24, 2.45) is 18.4 Å². The number of pyridine rings is 1. The van der Waals surface area contributed by atoms with E-state index in [1.165, 1.54) is 0 Å². The van der Waals surface area contributed by atoms with Crippen LogP contribution in [0.2, 0.25) is 0 Å². The number of rotatable bonds is 8. The standard InChI is InChI=1S/C24H35N5O5/c1-15-20(34-17-8-6-7-16(13-17)22(30)31)10-9-18(26-15)21-19(29(5)28-27-21)11-12-25-23(32)33-14-24(2,3)4/h9-10,16-17H,6-8,11-14H2,1-5H3,(H,25,32)(H,30,31)/t16-,17-/m0/s1. The summed E-state index contributed by atoms with van der Waals surface area (Å²) in [4.78, 5) is 27.9. The van der Waals surface area contributed by atoms with Crippen molar-refractivity contribution in [3.05, 3.63) is 23.5 Å². The summed E-state index contributed by atoms with van der Waals surface area (Å²) < 4.78 is 13.0. The van der Waals surface area contributed by atoms with Crippen LogP contribution in [0, 0.1) is 18.3 Å². The first-order valence-corrected chi connectivity index (χ1v) is 11.7. The topological polar surface area (TPSA) is 128 Å². The highest BCUT2D eigenvalue weighted by molar-refractivity contribution is 5.70. The van der Waals surface area contributed by atoms with Crippen LogP contribution < -0.4 is 10.1 Å². The summed E-state index contributed by atoms with van der Waals surface area (Å²) >= 11 is 0. The van der Waals surface area contributed by atoms with Crippen molar-refractivity contribution in [1.82, 2.24) is 25.3 Å². The number of hydrogen-bond acceptors (Lipinski definition) is 7. The Bertz CT molecular complexity index is 1010. The van der Waals surface area contributed by atoms with Crippen LogP contribution in [0.3, 0.4) is 0 Å². The zero-order chi connectivity index (χ0) is 24.9. The second-order valence-corrected chi connectivity index (χ2v) is 10.0. The summed E-state index contributed by atoms with van der Waals surface area (Å²) in [5, 5.41) is 20.5. The molecule has 0 spiro atoms. The highest BCUT2D eigenvalue weighted by atomic mass is 16.5. The Morgan fingerprint density at radius 1 is 1.26 bits per heavy atom. The smallest absolute Gasteiger partial charge is 0.407 e. The molecule has 10 heteroatoms. The van der Waals surface area contributed by atoms with Gasteiger partial charge in [0.15, 0.2) is 0 Å². The number of carbonyl (C=O) groups excluding carboxylic acids is 1. The quantitative estimate of drug-likeness (QED) is 0.596. The summed E-state index contributed by atoms with van der Waals surface area (Å²) in [5.74, 6) is -0.466. The molecule has 3 rings (SSSR count). The summed E-state index contributed by atoms with van der Waals surface area (Å²) in [6, 6.07) is 3.68. The van der Waals surface area contributed by atoms with E-state index in [9.17, 15) is 14.7 Å². The van der Waals surface area contributed by atoms with Gasteiger partial charge in [-0.3, -0.25) is 9.48 Å². The zero-order valence-corrected chi connectivity index (χ0v) is 20.6. The van der Waals surface area contributed by atoms with Crippen molar-refractivity contribution in [2.45, 2.75) is 65.9 Å². The minimum Gasteiger partial charge on any atom is -0.489 e. The lowest BCUT2D eigenvalue weighted by Gasteiger charge is -2.27. The number of amides is 1. The van der Waals surface area contributed by atoms with Crippen molar-refractivity contribution in [3.63, 3.8) is 0 Å². The average Bonchev–Trinajstić information content (AvgIpc) is 3.14. The monoisotopic (exact) mass is 473 g/mol.